The van der Waals surface area contributed by atoms with Gasteiger partial charge in [0, 0.05) is 6.04 Å². The van der Waals surface area contributed by atoms with Crippen LogP contribution in [0, 0.1) is 0 Å². The van der Waals surface area contributed by atoms with Gasteiger partial charge in [-0.25, -0.2) is 0 Å². The van der Waals surface area contributed by atoms with E-state index in [1.54, 1.807) is 0 Å². The van der Waals surface area contributed by atoms with E-state index < -0.39 is 0 Å². The highest BCUT2D eigenvalue weighted by Gasteiger charge is 2.18. The van der Waals surface area contributed by atoms with Crippen molar-refractivity contribution < 1.29 is 4.74 Å². The number of hydrogen-bond donors (Lipinski definition) is 1. The molecule has 2 unspecified atom stereocenters. The zero-order chi connectivity index (χ0) is 9.10. The summed E-state index contributed by atoms with van der Waals surface area (Å²) in [6.45, 7) is 3.76. The predicted molar refractivity (Wildman–Crippen MR) is 52.6 cm³/mol. The van der Waals surface area contributed by atoms with Crippen molar-refractivity contribution in [1.82, 2.24) is 5.32 Å². The van der Waals surface area contributed by atoms with Gasteiger partial charge in [-0.15, -0.1) is 0 Å². The number of ether oxygens (including phenoxy) is 1. The summed E-state index contributed by atoms with van der Waals surface area (Å²) in [7, 11) is 0. The van der Waals surface area contributed by atoms with E-state index in [0.29, 0.717) is 12.1 Å². The maximum Gasteiger partial charge on any atom is 0.0662 e. The summed E-state index contributed by atoms with van der Waals surface area (Å²) in [4.78, 5) is 0. The Labute approximate surface area is 78.9 Å². The fourth-order valence-electron chi connectivity index (χ4n) is 1.68. The van der Waals surface area contributed by atoms with E-state index in [0.717, 1.165) is 13.2 Å². The lowest BCUT2D eigenvalue weighted by Crippen LogP contribution is -2.41. The Morgan fingerprint density at radius 1 is 1.23 bits per heavy atom. The highest BCUT2D eigenvalue weighted by Crippen LogP contribution is 2.16. The maximum atomic E-state index is 5.49. The Kier molecular flexibility index (Phi) is 2.62. The molecule has 2 atom stereocenters. The maximum absolute atomic E-state index is 5.49. The van der Waals surface area contributed by atoms with E-state index in [4.69, 9.17) is 4.74 Å². The van der Waals surface area contributed by atoms with Gasteiger partial charge in [-0.2, -0.15) is 0 Å². The molecule has 1 fully saturated rings. The molecule has 0 bridgehead atoms. The normalized spacial score (nSPS) is 28.7. The summed E-state index contributed by atoms with van der Waals surface area (Å²) in [5, 5.41) is 3.51. The van der Waals surface area contributed by atoms with Crippen LogP contribution in [0.4, 0.5) is 0 Å². The Hall–Kier alpha value is -0.860. The van der Waals surface area contributed by atoms with Crippen LogP contribution in [0.3, 0.4) is 0 Å². The Morgan fingerprint density at radius 2 is 2.00 bits per heavy atom. The van der Waals surface area contributed by atoms with Gasteiger partial charge in [-0.3, -0.25) is 0 Å². The molecule has 0 radical (unpaired) electrons. The van der Waals surface area contributed by atoms with E-state index in [9.17, 15) is 0 Å². The SMILES string of the molecule is CC1COCC(c2ccccc2)N1. The molecule has 0 saturated carbocycles. The first-order valence-electron chi connectivity index (χ1n) is 4.75. The molecule has 70 valence electrons. The van der Waals surface area contributed by atoms with Gasteiger partial charge < -0.3 is 10.1 Å². The molecule has 1 aromatic carbocycles. The van der Waals surface area contributed by atoms with Crippen LogP contribution < -0.4 is 5.32 Å². The van der Waals surface area contributed by atoms with Crippen LogP contribution in [-0.4, -0.2) is 19.3 Å². The lowest BCUT2D eigenvalue weighted by atomic mass is 10.1. The van der Waals surface area contributed by atoms with Crippen molar-refractivity contribution in [2.24, 2.45) is 0 Å². The van der Waals surface area contributed by atoms with Crippen molar-refractivity contribution in [3.05, 3.63) is 35.9 Å². The molecule has 1 aliphatic rings. The van der Waals surface area contributed by atoms with Crippen molar-refractivity contribution in [1.29, 1.82) is 0 Å². The first-order chi connectivity index (χ1) is 6.36. The van der Waals surface area contributed by atoms with Gasteiger partial charge in [0.1, 0.15) is 0 Å². The van der Waals surface area contributed by atoms with E-state index in [1.165, 1.54) is 5.56 Å². The van der Waals surface area contributed by atoms with E-state index >= 15 is 0 Å². The van der Waals surface area contributed by atoms with E-state index in [-0.39, 0.29) is 0 Å². The van der Waals surface area contributed by atoms with Crippen molar-refractivity contribution in [3.63, 3.8) is 0 Å². The lowest BCUT2D eigenvalue weighted by Gasteiger charge is -2.29. The van der Waals surface area contributed by atoms with Crippen molar-refractivity contribution in [3.8, 4) is 0 Å². The minimum Gasteiger partial charge on any atom is -0.378 e. The number of hydrogen-bond acceptors (Lipinski definition) is 2. The molecule has 2 rings (SSSR count). The van der Waals surface area contributed by atoms with Crippen molar-refractivity contribution in [2.45, 2.75) is 19.0 Å². The Balaban J connectivity index is 2.08. The standard InChI is InChI=1S/C11H15NO/c1-9-7-13-8-11(12-9)10-5-3-2-4-6-10/h2-6,9,11-12H,7-8H2,1H3. The molecule has 0 spiro atoms. The third-order valence-corrected chi connectivity index (χ3v) is 2.34. The zero-order valence-electron chi connectivity index (χ0n) is 7.86. The minimum absolute atomic E-state index is 0.366. The highest BCUT2D eigenvalue weighted by molar-refractivity contribution is 5.19. The number of rotatable bonds is 1. The van der Waals surface area contributed by atoms with E-state index in [1.807, 2.05) is 6.07 Å². The van der Waals surface area contributed by atoms with Gasteiger partial charge in [-0.1, -0.05) is 30.3 Å². The molecule has 0 amide bonds. The Morgan fingerprint density at radius 3 is 2.69 bits per heavy atom. The molecular weight excluding hydrogens is 162 g/mol. The fourth-order valence-corrected chi connectivity index (χ4v) is 1.68. The van der Waals surface area contributed by atoms with Crippen LogP contribution in [0.15, 0.2) is 30.3 Å². The second-order valence-corrected chi connectivity index (χ2v) is 3.57. The predicted octanol–water partition coefficient (Wildman–Crippen LogP) is 1.74. The van der Waals surface area contributed by atoms with Crippen LogP contribution in [0.5, 0.6) is 0 Å². The molecule has 0 aliphatic carbocycles. The van der Waals surface area contributed by atoms with Gasteiger partial charge in [-0.05, 0) is 12.5 Å². The topological polar surface area (TPSA) is 21.3 Å². The van der Waals surface area contributed by atoms with Gasteiger partial charge in [0.2, 0.25) is 0 Å². The second kappa shape index (κ2) is 3.90. The minimum atomic E-state index is 0.366. The van der Waals surface area contributed by atoms with Gasteiger partial charge in [0.25, 0.3) is 0 Å². The lowest BCUT2D eigenvalue weighted by molar-refractivity contribution is 0.0504. The Bertz CT molecular complexity index is 260. The first kappa shape index (κ1) is 8.73. The molecule has 1 aromatic rings. The molecule has 13 heavy (non-hydrogen) atoms. The summed E-state index contributed by atoms with van der Waals surface area (Å²) in [6.07, 6.45) is 0. The summed E-state index contributed by atoms with van der Waals surface area (Å²) < 4.78 is 5.49. The van der Waals surface area contributed by atoms with Crippen LogP contribution in [0.2, 0.25) is 0 Å². The number of morpholine rings is 1. The summed E-state index contributed by atoms with van der Waals surface area (Å²) in [5.74, 6) is 0. The molecule has 1 aliphatic heterocycles. The molecule has 0 aromatic heterocycles. The molecule has 1 heterocycles. The molecular formula is C11H15NO. The second-order valence-electron chi connectivity index (χ2n) is 3.57. The average Bonchev–Trinajstić information content (AvgIpc) is 2.19. The van der Waals surface area contributed by atoms with Crippen LogP contribution in [0.25, 0.3) is 0 Å². The molecule has 1 saturated heterocycles. The fraction of sp³-hybridized carbons (Fsp3) is 0.455. The van der Waals surface area contributed by atoms with Crippen molar-refractivity contribution >= 4 is 0 Å². The molecule has 1 N–H and O–H groups in total. The van der Waals surface area contributed by atoms with Crippen LogP contribution >= 0.6 is 0 Å². The van der Waals surface area contributed by atoms with Crippen LogP contribution in [0.1, 0.15) is 18.5 Å². The molecule has 2 heteroatoms. The van der Waals surface area contributed by atoms with Gasteiger partial charge in [0.05, 0.1) is 19.3 Å². The van der Waals surface area contributed by atoms with Crippen molar-refractivity contribution in [2.75, 3.05) is 13.2 Å². The number of benzene rings is 1. The summed E-state index contributed by atoms with van der Waals surface area (Å²) in [5.41, 5.74) is 1.31. The third-order valence-electron chi connectivity index (χ3n) is 2.34. The highest BCUT2D eigenvalue weighted by atomic mass is 16.5. The number of nitrogens with one attached hydrogen (secondary N) is 1. The largest absolute Gasteiger partial charge is 0.378 e. The van der Waals surface area contributed by atoms with E-state index in [2.05, 4.69) is 36.5 Å². The quantitative estimate of drug-likeness (QED) is 0.705. The van der Waals surface area contributed by atoms with Gasteiger partial charge >= 0.3 is 0 Å². The van der Waals surface area contributed by atoms with Gasteiger partial charge in [0.15, 0.2) is 0 Å². The smallest absolute Gasteiger partial charge is 0.0662 e. The third kappa shape index (κ3) is 2.08. The first-order valence-corrected chi connectivity index (χ1v) is 4.75. The summed E-state index contributed by atoms with van der Waals surface area (Å²) in [6, 6.07) is 11.3. The van der Waals surface area contributed by atoms with Crippen LogP contribution in [-0.2, 0) is 4.74 Å². The molecule has 2 nitrogen and oxygen atoms in total. The average molecular weight is 177 g/mol. The zero-order valence-corrected chi connectivity index (χ0v) is 7.86. The summed E-state index contributed by atoms with van der Waals surface area (Å²) >= 11 is 0. The monoisotopic (exact) mass is 177 g/mol.